The molecule has 0 bridgehead atoms. The second-order valence-electron chi connectivity index (χ2n) is 7.96. The highest BCUT2D eigenvalue weighted by atomic mass is 35.5. The van der Waals surface area contributed by atoms with Crippen molar-refractivity contribution >= 4 is 35.4 Å². The largest absolute Gasteiger partial charge is 0.489 e. The van der Waals surface area contributed by atoms with Crippen LogP contribution in [0.15, 0.2) is 82.6 Å². The molecule has 6 nitrogen and oxygen atoms in total. The summed E-state index contributed by atoms with van der Waals surface area (Å²) >= 11 is 8.09. The lowest BCUT2D eigenvalue weighted by Gasteiger charge is -2.28. The van der Waals surface area contributed by atoms with Gasteiger partial charge in [-0.3, -0.25) is 0 Å². The van der Waals surface area contributed by atoms with Gasteiger partial charge in [0.05, 0.1) is 7.11 Å². The van der Waals surface area contributed by atoms with Gasteiger partial charge in [0.1, 0.15) is 17.9 Å². The van der Waals surface area contributed by atoms with Gasteiger partial charge in [-0.1, -0.05) is 72.8 Å². The standard InChI is InChI=1S/C27H28ClNO5S/c1-3-27(25(30)31,29-26(32)33-2)15-14-20-12-13-23(17-24(20)28)35-22-11-7-10-21(16-22)34-18-19-8-5-4-6-9-19/h4-13,16-17H,3,14-15,18H2,1-2H3,(H,29,32)(H,30,31). The third-order valence-electron chi connectivity index (χ3n) is 5.67. The molecule has 0 heterocycles. The SMILES string of the molecule is CCC(CCc1ccc(Sc2cccc(OCc3ccccc3)c2)cc1Cl)(NC(=O)OC)C(=O)O. The van der Waals surface area contributed by atoms with Crippen LogP contribution in [0.5, 0.6) is 5.75 Å². The normalized spacial score (nSPS) is 12.4. The number of carbonyl (C=O) groups excluding carboxylic acids is 1. The van der Waals surface area contributed by atoms with Crippen LogP contribution in [0.1, 0.15) is 30.9 Å². The van der Waals surface area contributed by atoms with Crippen molar-refractivity contribution in [2.75, 3.05) is 7.11 Å². The average Bonchev–Trinajstić information content (AvgIpc) is 2.86. The van der Waals surface area contributed by atoms with Crippen molar-refractivity contribution in [3.8, 4) is 5.75 Å². The second kappa shape index (κ2) is 12.5. The topological polar surface area (TPSA) is 84.9 Å². The van der Waals surface area contributed by atoms with Crippen LogP contribution in [0.2, 0.25) is 5.02 Å². The fourth-order valence-electron chi connectivity index (χ4n) is 3.53. The van der Waals surface area contributed by atoms with E-state index in [9.17, 15) is 14.7 Å². The Hall–Kier alpha value is -3.16. The minimum atomic E-state index is -1.43. The highest BCUT2D eigenvalue weighted by Gasteiger charge is 2.38. The van der Waals surface area contributed by atoms with E-state index in [4.69, 9.17) is 16.3 Å². The zero-order chi connectivity index (χ0) is 25.3. The molecule has 1 amide bonds. The highest BCUT2D eigenvalue weighted by Crippen LogP contribution is 2.33. The molecule has 0 aliphatic heterocycles. The van der Waals surface area contributed by atoms with Gasteiger partial charge in [-0.2, -0.15) is 0 Å². The van der Waals surface area contributed by atoms with E-state index in [-0.39, 0.29) is 12.8 Å². The molecule has 0 spiro atoms. The van der Waals surface area contributed by atoms with Crippen molar-refractivity contribution < 1.29 is 24.2 Å². The van der Waals surface area contributed by atoms with E-state index in [1.165, 1.54) is 7.11 Å². The van der Waals surface area contributed by atoms with Crippen molar-refractivity contribution in [3.05, 3.63) is 88.9 Å². The van der Waals surface area contributed by atoms with Crippen molar-refractivity contribution in [2.24, 2.45) is 0 Å². The minimum Gasteiger partial charge on any atom is -0.489 e. The number of halogens is 1. The van der Waals surface area contributed by atoms with E-state index in [0.717, 1.165) is 26.7 Å². The summed E-state index contributed by atoms with van der Waals surface area (Å²) in [6.07, 6.45) is 0.00523. The van der Waals surface area contributed by atoms with Gasteiger partial charge in [-0.25, -0.2) is 9.59 Å². The Kier molecular flexibility index (Phi) is 9.46. The Morgan fingerprint density at radius 2 is 1.77 bits per heavy atom. The summed E-state index contributed by atoms with van der Waals surface area (Å²) in [5, 5.41) is 12.7. The third-order valence-corrected chi connectivity index (χ3v) is 7.01. The van der Waals surface area contributed by atoms with Crippen molar-refractivity contribution in [2.45, 2.75) is 48.1 Å². The molecular formula is C27H28ClNO5S. The third kappa shape index (κ3) is 7.41. The molecule has 0 fully saturated rings. The molecule has 35 heavy (non-hydrogen) atoms. The first-order valence-electron chi connectivity index (χ1n) is 11.2. The second-order valence-corrected chi connectivity index (χ2v) is 9.52. The van der Waals surface area contributed by atoms with Crippen molar-refractivity contribution in [1.82, 2.24) is 5.32 Å². The van der Waals surface area contributed by atoms with E-state index >= 15 is 0 Å². The number of methoxy groups -OCH3 is 1. The molecule has 184 valence electrons. The molecule has 1 atom stereocenters. The van der Waals surface area contributed by atoms with Gasteiger partial charge < -0.3 is 19.9 Å². The van der Waals surface area contributed by atoms with Gasteiger partial charge in [0.25, 0.3) is 0 Å². The number of benzene rings is 3. The van der Waals surface area contributed by atoms with Gasteiger partial charge >= 0.3 is 12.1 Å². The number of nitrogens with one attached hydrogen (secondary N) is 1. The van der Waals surface area contributed by atoms with E-state index in [0.29, 0.717) is 18.1 Å². The summed E-state index contributed by atoms with van der Waals surface area (Å²) in [6.45, 7) is 2.21. The predicted octanol–water partition coefficient (Wildman–Crippen LogP) is 6.59. The monoisotopic (exact) mass is 513 g/mol. The summed E-state index contributed by atoms with van der Waals surface area (Å²) in [6, 6.07) is 23.5. The molecule has 8 heteroatoms. The lowest BCUT2D eigenvalue weighted by molar-refractivity contribution is -0.145. The molecule has 2 N–H and O–H groups in total. The van der Waals surface area contributed by atoms with Gasteiger partial charge in [0.15, 0.2) is 0 Å². The molecule has 0 saturated heterocycles. The Morgan fingerprint density at radius 1 is 1.03 bits per heavy atom. The fraction of sp³-hybridized carbons (Fsp3) is 0.259. The fourth-order valence-corrected chi connectivity index (χ4v) is 4.78. The Balaban J connectivity index is 1.65. The molecule has 3 aromatic rings. The number of carbonyl (C=O) groups is 2. The van der Waals surface area contributed by atoms with Crippen LogP contribution in [-0.4, -0.2) is 29.8 Å². The van der Waals surface area contributed by atoms with Crippen LogP contribution in [0.25, 0.3) is 0 Å². The molecule has 0 aliphatic carbocycles. The first-order chi connectivity index (χ1) is 16.8. The van der Waals surface area contributed by atoms with Gasteiger partial charge in [-0.15, -0.1) is 0 Å². The van der Waals surface area contributed by atoms with E-state index in [1.54, 1.807) is 18.7 Å². The van der Waals surface area contributed by atoms with Crippen LogP contribution in [0, 0.1) is 0 Å². The van der Waals surface area contributed by atoms with E-state index < -0.39 is 17.6 Å². The Morgan fingerprint density at radius 3 is 2.43 bits per heavy atom. The van der Waals surface area contributed by atoms with Crippen LogP contribution in [0.4, 0.5) is 4.79 Å². The van der Waals surface area contributed by atoms with Gasteiger partial charge in [0, 0.05) is 14.8 Å². The molecule has 0 saturated carbocycles. The zero-order valence-electron chi connectivity index (χ0n) is 19.6. The molecule has 3 rings (SSSR count). The molecular weight excluding hydrogens is 486 g/mol. The summed E-state index contributed by atoms with van der Waals surface area (Å²) in [7, 11) is 1.20. The molecule has 0 aliphatic rings. The average molecular weight is 514 g/mol. The number of amides is 1. The number of hydrogen-bond acceptors (Lipinski definition) is 5. The summed E-state index contributed by atoms with van der Waals surface area (Å²) in [5.74, 6) is -0.327. The van der Waals surface area contributed by atoms with Gasteiger partial charge in [0.2, 0.25) is 0 Å². The maximum Gasteiger partial charge on any atom is 0.407 e. The minimum absolute atomic E-state index is 0.181. The number of rotatable bonds is 11. The number of ether oxygens (including phenoxy) is 2. The maximum absolute atomic E-state index is 11.9. The molecule has 0 aromatic heterocycles. The quantitative estimate of drug-likeness (QED) is 0.301. The highest BCUT2D eigenvalue weighted by molar-refractivity contribution is 7.99. The van der Waals surface area contributed by atoms with Gasteiger partial charge in [-0.05, 0) is 60.7 Å². The zero-order valence-corrected chi connectivity index (χ0v) is 21.2. The lowest BCUT2D eigenvalue weighted by Crippen LogP contribution is -2.54. The number of alkyl carbamates (subject to hydrolysis) is 1. The smallest absolute Gasteiger partial charge is 0.407 e. The molecule has 1 unspecified atom stereocenters. The maximum atomic E-state index is 11.9. The number of hydrogen-bond donors (Lipinski definition) is 2. The molecule has 0 radical (unpaired) electrons. The summed E-state index contributed by atoms with van der Waals surface area (Å²) in [5.41, 5.74) is 0.482. The number of aliphatic carboxylic acids is 1. The summed E-state index contributed by atoms with van der Waals surface area (Å²) in [4.78, 5) is 25.6. The first kappa shape index (κ1) is 26.4. The number of carboxylic acids is 1. The van der Waals surface area contributed by atoms with Crippen molar-refractivity contribution in [1.29, 1.82) is 0 Å². The van der Waals surface area contributed by atoms with E-state index in [1.807, 2.05) is 72.8 Å². The van der Waals surface area contributed by atoms with E-state index in [2.05, 4.69) is 10.1 Å². The number of aryl methyl sites for hydroxylation is 1. The lowest BCUT2D eigenvalue weighted by atomic mass is 9.88. The van der Waals surface area contributed by atoms with Crippen LogP contribution in [0.3, 0.4) is 0 Å². The van der Waals surface area contributed by atoms with Crippen LogP contribution in [-0.2, 0) is 22.6 Å². The van der Waals surface area contributed by atoms with Crippen molar-refractivity contribution in [3.63, 3.8) is 0 Å². The van der Waals surface area contributed by atoms with Crippen LogP contribution >= 0.6 is 23.4 Å². The first-order valence-corrected chi connectivity index (χ1v) is 12.4. The predicted molar refractivity (Wildman–Crippen MR) is 137 cm³/mol. The molecule has 3 aromatic carbocycles. The number of carboxylic acid groups (broad SMARTS) is 1. The Bertz CT molecular complexity index is 1160. The Labute approximate surface area is 214 Å². The van der Waals surface area contributed by atoms with Crippen LogP contribution < -0.4 is 10.1 Å². The summed E-state index contributed by atoms with van der Waals surface area (Å²) < 4.78 is 10.5.